The van der Waals surface area contributed by atoms with Crippen LogP contribution in [0.1, 0.15) is 31.4 Å². The summed E-state index contributed by atoms with van der Waals surface area (Å²) >= 11 is 0. The maximum absolute atomic E-state index is 12.3. The van der Waals surface area contributed by atoms with Crippen LogP contribution in [0.2, 0.25) is 0 Å². The molecule has 1 N–H and O–H groups in total. The van der Waals surface area contributed by atoms with Crippen molar-refractivity contribution in [2.45, 2.75) is 37.6 Å². The highest BCUT2D eigenvalue weighted by molar-refractivity contribution is 5.96. The lowest BCUT2D eigenvalue weighted by molar-refractivity contribution is -0.116. The number of allylic oxidation sites excluding steroid dienone is 1. The second-order valence-electron chi connectivity index (χ2n) is 6.33. The Labute approximate surface area is 130 Å². The molecule has 2 aliphatic heterocycles. The van der Waals surface area contributed by atoms with Crippen LogP contribution in [0.5, 0.6) is 0 Å². The molecule has 1 atom stereocenters. The molecule has 1 aromatic carbocycles. The monoisotopic (exact) mass is 292 g/mol. The molecule has 0 fully saturated rings. The van der Waals surface area contributed by atoms with E-state index in [1.165, 1.54) is 11.3 Å². The van der Waals surface area contributed by atoms with E-state index in [9.17, 15) is 4.79 Å². The van der Waals surface area contributed by atoms with E-state index >= 15 is 0 Å². The van der Waals surface area contributed by atoms with Gasteiger partial charge < -0.3 is 9.88 Å². The summed E-state index contributed by atoms with van der Waals surface area (Å²) < 4.78 is 2.35. The number of carbonyl (C=O) groups is 1. The first-order chi connectivity index (χ1) is 10.7. The molecule has 0 radical (unpaired) electrons. The van der Waals surface area contributed by atoms with Crippen LogP contribution < -0.4 is 5.32 Å². The van der Waals surface area contributed by atoms with Crippen LogP contribution in [0.3, 0.4) is 0 Å². The van der Waals surface area contributed by atoms with E-state index in [0.29, 0.717) is 6.42 Å². The lowest BCUT2D eigenvalue weighted by Crippen LogP contribution is -2.32. The van der Waals surface area contributed by atoms with E-state index in [4.69, 9.17) is 0 Å². The molecule has 3 nitrogen and oxygen atoms in total. The first-order valence-electron chi connectivity index (χ1n) is 7.96. The molecular weight excluding hydrogens is 272 g/mol. The summed E-state index contributed by atoms with van der Waals surface area (Å²) in [5.74, 6) is 0.0935. The predicted molar refractivity (Wildman–Crippen MR) is 88.8 cm³/mol. The van der Waals surface area contributed by atoms with E-state index in [1.54, 1.807) is 0 Å². The molecular formula is C19H20N2O. The van der Waals surface area contributed by atoms with Gasteiger partial charge in [0.2, 0.25) is 5.91 Å². The zero-order valence-corrected chi connectivity index (χ0v) is 12.6. The third kappa shape index (κ3) is 1.85. The number of hydrogen-bond acceptors (Lipinski definition) is 1. The van der Waals surface area contributed by atoms with Crippen molar-refractivity contribution in [2.24, 2.45) is 0 Å². The van der Waals surface area contributed by atoms with Gasteiger partial charge in [-0.1, -0.05) is 24.3 Å². The van der Waals surface area contributed by atoms with Gasteiger partial charge in [0.05, 0.1) is 0 Å². The van der Waals surface area contributed by atoms with Crippen LogP contribution in [0, 0.1) is 0 Å². The van der Waals surface area contributed by atoms with Gasteiger partial charge >= 0.3 is 0 Å². The first kappa shape index (κ1) is 13.4. The van der Waals surface area contributed by atoms with Gasteiger partial charge in [-0.25, -0.2) is 0 Å². The summed E-state index contributed by atoms with van der Waals surface area (Å²) in [7, 11) is 0. The fraction of sp³-hybridized carbons (Fsp3) is 0.316. The van der Waals surface area contributed by atoms with Crippen molar-refractivity contribution >= 4 is 11.6 Å². The molecule has 0 aliphatic carbocycles. The molecule has 2 aromatic rings. The number of amides is 1. The molecule has 3 heterocycles. The average molecular weight is 292 g/mol. The number of carbonyl (C=O) groups excluding carboxylic acids is 1. The third-order valence-corrected chi connectivity index (χ3v) is 5.14. The van der Waals surface area contributed by atoms with Crippen LogP contribution in [0.25, 0.3) is 11.1 Å². The SMILES string of the molecule is C=C[C@@]12CCCn3ccc(c31)-c1ccccc1NC(=O)CC2. The third-order valence-electron chi connectivity index (χ3n) is 5.14. The van der Waals surface area contributed by atoms with Gasteiger partial charge in [-0.2, -0.15) is 0 Å². The minimum Gasteiger partial charge on any atom is -0.350 e. The zero-order valence-electron chi connectivity index (χ0n) is 12.6. The van der Waals surface area contributed by atoms with E-state index in [-0.39, 0.29) is 11.3 Å². The Hall–Kier alpha value is -2.29. The number of nitrogens with one attached hydrogen (secondary N) is 1. The molecule has 1 amide bonds. The highest BCUT2D eigenvalue weighted by atomic mass is 16.1. The number of aryl methyl sites for hydroxylation is 1. The Balaban J connectivity index is 2.02. The number of benzene rings is 1. The second kappa shape index (κ2) is 4.87. The summed E-state index contributed by atoms with van der Waals surface area (Å²) in [6.07, 6.45) is 7.82. The van der Waals surface area contributed by atoms with Crippen LogP contribution >= 0.6 is 0 Å². The highest BCUT2D eigenvalue weighted by Crippen LogP contribution is 2.46. The van der Waals surface area contributed by atoms with E-state index in [0.717, 1.165) is 37.1 Å². The molecule has 4 rings (SSSR count). The Morgan fingerprint density at radius 3 is 2.91 bits per heavy atom. The van der Waals surface area contributed by atoms with Gasteiger partial charge in [0.25, 0.3) is 0 Å². The fourth-order valence-electron chi connectivity index (χ4n) is 4.03. The van der Waals surface area contributed by atoms with Gasteiger partial charge in [0, 0.05) is 47.1 Å². The number of rotatable bonds is 1. The minimum atomic E-state index is -0.0914. The Morgan fingerprint density at radius 2 is 2.05 bits per heavy atom. The van der Waals surface area contributed by atoms with Crippen molar-refractivity contribution in [1.29, 1.82) is 0 Å². The Bertz CT molecular complexity index is 759. The highest BCUT2D eigenvalue weighted by Gasteiger charge is 2.38. The van der Waals surface area contributed by atoms with Crippen molar-refractivity contribution in [1.82, 2.24) is 4.57 Å². The molecule has 0 spiro atoms. The molecule has 0 saturated carbocycles. The number of fused-ring (bicyclic) bond motifs is 2. The lowest BCUT2D eigenvalue weighted by Gasteiger charge is -2.37. The van der Waals surface area contributed by atoms with Crippen LogP contribution in [-0.2, 0) is 16.8 Å². The van der Waals surface area contributed by atoms with Gasteiger partial charge in [-0.05, 0) is 31.4 Å². The zero-order chi connectivity index (χ0) is 15.2. The van der Waals surface area contributed by atoms with Gasteiger partial charge in [-0.15, -0.1) is 6.58 Å². The first-order valence-corrected chi connectivity index (χ1v) is 7.96. The van der Waals surface area contributed by atoms with Gasteiger partial charge in [0.1, 0.15) is 0 Å². The standard InChI is InChI=1S/C19H20N2O/c1-2-19-10-5-12-21-13-9-15(18(19)21)14-6-3-4-7-16(14)20-17(22)8-11-19/h2-4,6-7,9,13H,1,5,8,10-12H2,(H,20,22)/t19-/m0/s1. The lowest BCUT2D eigenvalue weighted by atomic mass is 9.72. The summed E-state index contributed by atoms with van der Waals surface area (Å²) in [5.41, 5.74) is 4.49. The fourth-order valence-corrected chi connectivity index (χ4v) is 4.03. The largest absolute Gasteiger partial charge is 0.350 e. The maximum Gasteiger partial charge on any atom is 0.224 e. The average Bonchev–Trinajstić information content (AvgIpc) is 2.99. The quantitative estimate of drug-likeness (QED) is 0.789. The molecule has 1 aromatic heterocycles. The predicted octanol–water partition coefficient (Wildman–Crippen LogP) is 4.11. The molecule has 22 heavy (non-hydrogen) atoms. The van der Waals surface area contributed by atoms with Crippen LogP contribution in [0.4, 0.5) is 5.69 Å². The molecule has 112 valence electrons. The maximum atomic E-state index is 12.3. The molecule has 0 unspecified atom stereocenters. The van der Waals surface area contributed by atoms with E-state index in [2.05, 4.69) is 40.9 Å². The van der Waals surface area contributed by atoms with E-state index < -0.39 is 0 Å². The molecule has 0 bridgehead atoms. The Kier molecular flexibility index (Phi) is 2.96. The summed E-state index contributed by atoms with van der Waals surface area (Å²) in [5, 5.41) is 3.08. The smallest absolute Gasteiger partial charge is 0.224 e. The van der Waals surface area contributed by atoms with Crippen molar-refractivity contribution < 1.29 is 4.79 Å². The number of hydrogen-bond donors (Lipinski definition) is 1. The normalized spacial score (nSPS) is 23.4. The molecule has 0 saturated heterocycles. The Morgan fingerprint density at radius 1 is 1.18 bits per heavy atom. The van der Waals surface area contributed by atoms with Crippen molar-refractivity contribution in [3.8, 4) is 11.1 Å². The molecule has 3 heteroatoms. The summed E-state index contributed by atoms with van der Waals surface area (Å²) in [6, 6.07) is 10.3. The van der Waals surface area contributed by atoms with Crippen LogP contribution in [-0.4, -0.2) is 10.5 Å². The molecule has 2 aliphatic rings. The van der Waals surface area contributed by atoms with Crippen molar-refractivity contribution in [3.63, 3.8) is 0 Å². The van der Waals surface area contributed by atoms with E-state index in [1.807, 2.05) is 18.2 Å². The number of aromatic nitrogens is 1. The second-order valence-corrected chi connectivity index (χ2v) is 6.33. The van der Waals surface area contributed by atoms with Crippen molar-refractivity contribution in [3.05, 3.63) is 54.9 Å². The topological polar surface area (TPSA) is 34.0 Å². The minimum absolute atomic E-state index is 0.0914. The van der Waals surface area contributed by atoms with Gasteiger partial charge in [-0.3, -0.25) is 4.79 Å². The number of nitrogens with zero attached hydrogens (tertiary/aromatic N) is 1. The van der Waals surface area contributed by atoms with Crippen LogP contribution in [0.15, 0.2) is 49.2 Å². The number of anilines is 1. The van der Waals surface area contributed by atoms with Crippen molar-refractivity contribution in [2.75, 3.05) is 5.32 Å². The van der Waals surface area contributed by atoms with Gasteiger partial charge in [0.15, 0.2) is 0 Å². The summed E-state index contributed by atoms with van der Waals surface area (Å²) in [4.78, 5) is 12.3. The number of para-hydroxylation sites is 1. The summed E-state index contributed by atoms with van der Waals surface area (Å²) in [6.45, 7) is 5.17.